The monoisotopic (exact) mass is 260 g/mol. The minimum Gasteiger partial charge on any atom is -0.396 e. The van der Waals surface area contributed by atoms with Gasteiger partial charge in [0.05, 0.1) is 0 Å². The lowest BCUT2D eigenvalue weighted by atomic mass is 9.92. The van der Waals surface area contributed by atoms with Gasteiger partial charge in [-0.15, -0.1) is 0 Å². The number of hydrogen-bond acceptors (Lipinski definition) is 4. The van der Waals surface area contributed by atoms with E-state index < -0.39 is 0 Å². The van der Waals surface area contributed by atoms with Crippen molar-refractivity contribution in [3.63, 3.8) is 0 Å². The maximum atomic E-state index is 8.67. The zero-order chi connectivity index (χ0) is 12.5. The molecule has 0 aromatic rings. The second kappa shape index (κ2) is 9.20. The minimum absolute atomic E-state index is 0.325. The van der Waals surface area contributed by atoms with E-state index in [0.717, 1.165) is 30.4 Å². The predicted molar refractivity (Wildman–Crippen MR) is 76.7 cm³/mol. The molecule has 1 fully saturated rings. The van der Waals surface area contributed by atoms with Crippen LogP contribution in [0, 0.1) is 5.92 Å². The van der Waals surface area contributed by atoms with Crippen LogP contribution in [0.2, 0.25) is 0 Å². The summed E-state index contributed by atoms with van der Waals surface area (Å²) in [5.41, 5.74) is 0. The normalized spacial score (nSPS) is 23.8. The SMILES string of the molecule is CC(NCCSCCCO)C1CCCN(C)C1. The van der Waals surface area contributed by atoms with Crippen LogP contribution in [0.5, 0.6) is 0 Å². The van der Waals surface area contributed by atoms with E-state index >= 15 is 0 Å². The van der Waals surface area contributed by atoms with Gasteiger partial charge in [-0.05, 0) is 51.4 Å². The Labute approximate surface area is 110 Å². The van der Waals surface area contributed by atoms with Crippen molar-refractivity contribution < 1.29 is 5.11 Å². The molecule has 1 rings (SSSR count). The van der Waals surface area contributed by atoms with E-state index in [2.05, 4.69) is 24.2 Å². The molecule has 2 N–H and O–H groups in total. The van der Waals surface area contributed by atoms with Crippen molar-refractivity contribution in [1.29, 1.82) is 0 Å². The summed E-state index contributed by atoms with van der Waals surface area (Å²) in [4.78, 5) is 2.45. The fourth-order valence-electron chi connectivity index (χ4n) is 2.41. The number of piperidine rings is 1. The first-order valence-corrected chi connectivity index (χ1v) is 8.00. The topological polar surface area (TPSA) is 35.5 Å². The van der Waals surface area contributed by atoms with E-state index in [1.165, 1.54) is 25.9 Å². The summed E-state index contributed by atoms with van der Waals surface area (Å²) in [7, 11) is 2.23. The van der Waals surface area contributed by atoms with Crippen LogP contribution in [-0.4, -0.2) is 60.8 Å². The van der Waals surface area contributed by atoms with Crippen LogP contribution in [-0.2, 0) is 0 Å². The summed E-state index contributed by atoms with van der Waals surface area (Å²) in [5, 5.41) is 12.3. The third-order valence-corrected chi connectivity index (χ3v) is 4.60. The fourth-order valence-corrected chi connectivity index (χ4v) is 3.21. The Hall–Kier alpha value is 0.230. The molecule has 0 radical (unpaired) electrons. The van der Waals surface area contributed by atoms with Crippen molar-refractivity contribution >= 4 is 11.8 Å². The minimum atomic E-state index is 0.325. The van der Waals surface area contributed by atoms with E-state index in [0.29, 0.717) is 12.6 Å². The van der Waals surface area contributed by atoms with Crippen LogP contribution in [0.3, 0.4) is 0 Å². The molecular weight excluding hydrogens is 232 g/mol. The summed E-state index contributed by atoms with van der Waals surface area (Å²) in [6.07, 6.45) is 3.64. The lowest BCUT2D eigenvalue weighted by molar-refractivity contribution is 0.180. The molecule has 0 bridgehead atoms. The van der Waals surface area contributed by atoms with Crippen LogP contribution in [0.25, 0.3) is 0 Å². The van der Waals surface area contributed by atoms with Crippen molar-refractivity contribution in [2.24, 2.45) is 5.92 Å². The van der Waals surface area contributed by atoms with Gasteiger partial charge >= 0.3 is 0 Å². The zero-order valence-corrected chi connectivity index (χ0v) is 12.1. The van der Waals surface area contributed by atoms with E-state index in [1.807, 2.05) is 11.8 Å². The average Bonchev–Trinajstić information content (AvgIpc) is 2.33. The van der Waals surface area contributed by atoms with Gasteiger partial charge < -0.3 is 15.3 Å². The Balaban J connectivity index is 2.02. The molecule has 0 aliphatic carbocycles. The number of aliphatic hydroxyl groups is 1. The van der Waals surface area contributed by atoms with Gasteiger partial charge in [-0.2, -0.15) is 11.8 Å². The third kappa shape index (κ3) is 6.65. The number of aliphatic hydroxyl groups excluding tert-OH is 1. The van der Waals surface area contributed by atoms with Crippen molar-refractivity contribution in [3.8, 4) is 0 Å². The molecule has 102 valence electrons. The highest BCUT2D eigenvalue weighted by Crippen LogP contribution is 2.18. The van der Waals surface area contributed by atoms with Crippen LogP contribution in [0.4, 0.5) is 0 Å². The maximum absolute atomic E-state index is 8.67. The Bertz CT molecular complexity index is 192. The number of thioether (sulfide) groups is 1. The fraction of sp³-hybridized carbons (Fsp3) is 1.00. The van der Waals surface area contributed by atoms with E-state index in [-0.39, 0.29) is 0 Å². The second-order valence-electron chi connectivity index (χ2n) is 5.10. The van der Waals surface area contributed by atoms with Crippen molar-refractivity contribution in [2.45, 2.75) is 32.2 Å². The smallest absolute Gasteiger partial charge is 0.0438 e. The molecule has 17 heavy (non-hydrogen) atoms. The van der Waals surface area contributed by atoms with Gasteiger partial charge in [-0.3, -0.25) is 0 Å². The van der Waals surface area contributed by atoms with Crippen molar-refractivity contribution in [3.05, 3.63) is 0 Å². The Kier molecular flexibility index (Phi) is 8.27. The predicted octanol–water partition coefficient (Wildman–Crippen LogP) is 1.42. The maximum Gasteiger partial charge on any atom is 0.0438 e. The van der Waals surface area contributed by atoms with Crippen molar-refractivity contribution in [1.82, 2.24) is 10.2 Å². The first-order chi connectivity index (χ1) is 8.24. The van der Waals surface area contributed by atoms with E-state index in [9.17, 15) is 0 Å². The van der Waals surface area contributed by atoms with E-state index in [1.54, 1.807) is 0 Å². The van der Waals surface area contributed by atoms with Gasteiger partial charge in [-0.25, -0.2) is 0 Å². The summed E-state index contributed by atoms with van der Waals surface area (Å²) < 4.78 is 0. The number of likely N-dealkylation sites (tertiary alicyclic amines) is 1. The number of nitrogens with one attached hydrogen (secondary N) is 1. The van der Waals surface area contributed by atoms with Gasteiger partial charge in [0.2, 0.25) is 0 Å². The molecule has 3 nitrogen and oxygen atoms in total. The molecule has 1 heterocycles. The first-order valence-electron chi connectivity index (χ1n) is 6.84. The highest BCUT2D eigenvalue weighted by atomic mass is 32.2. The Morgan fingerprint density at radius 1 is 1.47 bits per heavy atom. The lowest BCUT2D eigenvalue weighted by Gasteiger charge is -2.34. The summed E-state index contributed by atoms with van der Waals surface area (Å²) >= 11 is 1.93. The highest BCUT2D eigenvalue weighted by molar-refractivity contribution is 7.99. The Morgan fingerprint density at radius 2 is 2.29 bits per heavy atom. The van der Waals surface area contributed by atoms with Crippen molar-refractivity contribution in [2.75, 3.05) is 44.8 Å². The lowest BCUT2D eigenvalue weighted by Crippen LogP contribution is -2.43. The molecule has 0 aromatic carbocycles. The molecule has 2 unspecified atom stereocenters. The second-order valence-corrected chi connectivity index (χ2v) is 6.32. The molecule has 0 spiro atoms. The largest absolute Gasteiger partial charge is 0.396 e. The van der Waals surface area contributed by atoms with Crippen LogP contribution >= 0.6 is 11.8 Å². The third-order valence-electron chi connectivity index (χ3n) is 3.53. The quantitative estimate of drug-likeness (QED) is 0.647. The highest BCUT2D eigenvalue weighted by Gasteiger charge is 2.21. The standard InChI is InChI=1S/C13H28N2OS/c1-12(13-5-3-7-15(2)11-13)14-6-10-17-9-4-8-16/h12-14,16H,3-11H2,1-2H3. The zero-order valence-electron chi connectivity index (χ0n) is 11.3. The number of hydrogen-bond donors (Lipinski definition) is 2. The van der Waals surface area contributed by atoms with Crippen LogP contribution < -0.4 is 5.32 Å². The summed E-state index contributed by atoms with van der Waals surface area (Å²) in [6, 6.07) is 0.635. The van der Waals surface area contributed by atoms with Gasteiger partial charge in [0, 0.05) is 31.5 Å². The molecule has 0 aromatic heterocycles. The molecule has 1 saturated heterocycles. The molecular formula is C13H28N2OS. The van der Waals surface area contributed by atoms with Gasteiger partial charge in [0.1, 0.15) is 0 Å². The van der Waals surface area contributed by atoms with Gasteiger partial charge in [0.15, 0.2) is 0 Å². The first kappa shape index (κ1) is 15.3. The molecule has 0 amide bonds. The summed E-state index contributed by atoms with van der Waals surface area (Å²) in [6.45, 7) is 6.25. The molecule has 2 atom stereocenters. The van der Waals surface area contributed by atoms with Crippen LogP contribution in [0.15, 0.2) is 0 Å². The molecule has 1 aliphatic rings. The van der Waals surface area contributed by atoms with Gasteiger partial charge in [-0.1, -0.05) is 0 Å². The Morgan fingerprint density at radius 3 is 3.00 bits per heavy atom. The van der Waals surface area contributed by atoms with E-state index in [4.69, 9.17) is 5.11 Å². The van der Waals surface area contributed by atoms with Gasteiger partial charge in [0.25, 0.3) is 0 Å². The summed E-state index contributed by atoms with van der Waals surface area (Å²) in [5.74, 6) is 3.06. The molecule has 0 saturated carbocycles. The number of rotatable bonds is 8. The number of nitrogens with zero attached hydrogens (tertiary/aromatic N) is 1. The molecule has 4 heteroatoms. The molecule has 1 aliphatic heterocycles. The van der Waals surface area contributed by atoms with Crippen LogP contribution in [0.1, 0.15) is 26.2 Å². The average molecular weight is 260 g/mol.